The Morgan fingerprint density at radius 3 is 2.72 bits per heavy atom. The first-order valence-corrected chi connectivity index (χ1v) is 5.63. The summed E-state index contributed by atoms with van der Waals surface area (Å²) in [6.45, 7) is 0.108. The van der Waals surface area contributed by atoms with Gasteiger partial charge in [0.1, 0.15) is 5.75 Å². The maximum Gasteiger partial charge on any atom is 0.231 e. The van der Waals surface area contributed by atoms with Crippen molar-refractivity contribution in [2.75, 3.05) is 6.79 Å². The highest BCUT2D eigenvalue weighted by atomic mass is 16.7. The molecule has 0 fully saturated rings. The molecule has 2 aromatic carbocycles. The molecule has 0 spiro atoms. The second-order valence-corrected chi connectivity index (χ2v) is 3.90. The van der Waals surface area contributed by atoms with Crippen LogP contribution in [0.5, 0.6) is 23.0 Å². The summed E-state index contributed by atoms with van der Waals surface area (Å²) >= 11 is 0. The molecule has 1 aliphatic rings. The summed E-state index contributed by atoms with van der Waals surface area (Å²) in [7, 11) is 0. The quantitative estimate of drug-likeness (QED) is 0.901. The second kappa shape index (κ2) is 4.58. The standard InChI is InChI=1S/C14H12O4/c15-8-10-6-12-14(17-9-16-12)13(7-10)18-11-4-2-1-3-5-11/h1-7,15H,8-9H2. The Morgan fingerprint density at radius 2 is 1.94 bits per heavy atom. The highest BCUT2D eigenvalue weighted by Gasteiger charge is 2.20. The summed E-state index contributed by atoms with van der Waals surface area (Å²) < 4.78 is 16.4. The lowest BCUT2D eigenvalue weighted by atomic mass is 10.2. The molecule has 18 heavy (non-hydrogen) atoms. The molecule has 0 aliphatic carbocycles. The first-order chi connectivity index (χ1) is 8.86. The highest BCUT2D eigenvalue weighted by molar-refractivity contribution is 5.56. The van der Waals surface area contributed by atoms with E-state index >= 15 is 0 Å². The van der Waals surface area contributed by atoms with Crippen molar-refractivity contribution in [1.82, 2.24) is 0 Å². The smallest absolute Gasteiger partial charge is 0.231 e. The largest absolute Gasteiger partial charge is 0.453 e. The van der Waals surface area contributed by atoms with E-state index in [-0.39, 0.29) is 13.4 Å². The van der Waals surface area contributed by atoms with E-state index in [1.54, 1.807) is 12.1 Å². The summed E-state index contributed by atoms with van der Waals surface area (Å²) in [5.41, 5.74) is 0.727. The lowest BCUT2D eigenvalue weighted by Gasteiger charge is -2.09. The summed E-state index contributed by atoms with van der Waals surface area (Å²) in [6, 6.07) is 12.9. The Bertz CT molecular complexity index is 551. The number of aliphatic hydroxyl groups is 1. The Morgan fingerprint density at radius 1 is 1.11 bits per heavy atom. The molecule has 0 aromatic heterocycles. The first kappa shape index (κ1) is 10.9. The van der Waals surface area contributed by atoms with Crippen LogP contribution in [0.3, 0.4) is 0 Å². The fourth-order valence-corrected chi connectivity index (χ4v) is 1.81. The predicted molar refractivity (Wildman–Crippen MR) is 65.0 cm³/mol. The normalized spacial score (nSPS) is 12.5. The zero-order valence-corrected chi connectivity index (χ0v) is 9.63. The zero-order valence-electron chi connectivity index (χ0n) is 9.63. The van der Waals surface area contributed by atoms with Crippen LogP contribution < -0.4 is 14.2 Å². The number of aliphatic hydroxyl groups excluding tert-OH is 1. The molecule has 1 aliphatic heterocycles. The molecule has 0 atom stereocenters. The lowest BCUT2D eigenvalue weighted by Crippen LogP contribution is -1.93. The third-order valence-corrected chi connectivity index (χ3v) is 2.65. The average molecular weight is 244 g/mol. The number of rotatable bonds is 3. The molecular weight excluding hydrogens is 232 g/mol. The van der Waals surface area contributed by atoms with E-state index < -0.39 is 0 Å². The van der Waals surface area contributed by atoms with Crippen LogP contribution in [0.4, 0.5) is 0 Å². The number of hydrogen-bond acceptors (Lipinski definition) is 4. The highest BCUT2D eigenvalue weighted by Crippen LogP contribution is 2.43. The predicted octanol–water partition coefficient (Wildman–Crippen LogP) is 2.70. The molecule has 0 bridgehead atoms. The lowest BCUT2D eigenvalue weighted by molar-refractivity contribution is 0.171. The minimum atomic E-state index is -0.0677. The van der Waals surface area contributed by atoms with Crippen molar-refractivity contribution in [2.24, 2.45) is 0 Å². The van der Waals surface area contributed by atoms with Crippen molar-refractivity contribution in [1.29, 1.82) is 0 Å². The molecule has 1 heterocycles. The summed E-state index contributed by atoms with van der Waals surface area (Å²) in [4.78, 5) is 0. The van der Waals surface area contributed by atoms with Gasteiger partial charge in [-0.1, -0.05) is 18.2 Å². The van der Waals surface area contributed by atoms with Crippen molar-refractivity contribution in [3.05, 3.63) is 48.0 Å². The Hall–Kier alpha value is -2.20. The van der Waals surface area contributed by atoms with Gasteiger partial charge in [0.05, 0.1) is 6.61 Å². The van der Waals surface area contributed by atoms with Gasteiger partial charge in [-0.3, -0.25) is 0 Å². The fraction of sp³-hybridized carbons (Fsp3) is 0.143. The Labute approximate surface area is 104 Å². The van der Waals surface area contributed by atoms with Crippen LogP contribution in [0.25, 0.3) is 0 Å². The van der Waals surface area contributed by atoms with Gasteiger partial charge < -0.3 is 19.3 Å². The van der Waals surface area contributed by atoms with Crippen LogP contribution in [-0.2, 0) is 6.61 Å². The SMILES string of the molecule is OCc1cc2c(c(Oc3ccccc3)c1)OCO2. The molecule has 0 radical (unpaired) electrons. The maximum atomic E-state index is 9.21. The van der Waals surface area contributed by atoms with E-state index in [4.69, 9.17) is 14.2 Å². The van der Waals surface area contributed by atoms with Gasteiger partial charge in [0.2, 0.25) is 12.5 Å². The third-order valence-electron chi connectivity index (χ3n) is 2.65. The zero-order chi connectivity index (χ0) is 12.4. The van der Waals surface area contributed by atoms with Gasteiger partial charge in [-0.2, -0.15) is 0 Å². The molecule has 0 saturated carbocycles. The van der Waals surface area contributed by atoms with Crippen LogP contribution in [0.2, 0.25) is 0 Å². The van der Waals surface area contributed by atoms with E-state index in [9.17, 15) is 5.11 Å². The van der Waals surface area contributed by atoms with Gasteiger partial charge in [0, 0.05) is 0 Å². The molecule has 92 valence electrons. The topological polar surface area (TPSA) is 47.9 Å². The molecule has 0 saturated heterocycles. The minimum absolute atomic E-state index is 0.0677. The van der Waals surface area contributed by atoms with Gasteiger partial charge >= 0.3 is 0 Å². The van der Waals surface area contributed by atoms with Crippen LogP contribution in [0.1, 0.15) is 5.56 Å². The van der Waals surface area contributed by atoms with Gasteiger partial charge in [0.25, 0.3) is 0 Å². The molecule has 3 rings (SSSR count). The summed E-state index contributed by atoms with van der Waals surface area (Å²) in [6.07, 6.45) is 0. The van der Waals surface area contributed by atoms with E-state index in [1.165, 1.54) is 0 Å². The van der Waals surface area contributed by atoms with E-state index in [2.05, 4.69) is 0 Å². The van der Waals surface area contributed by atoms with Crippen LogP contribution in [-0.4, -0.2) is 11.9 Å². The molecule has 1 N–H and O–H groups in total. The van der Waals surface area contributed by atoms with E-state index in [0.29, 0.717) is 23.0 Å². The van der Waals surface area contributed by atoms with Crippen LogP contribution in [0, 0.1) is 0 Å². The van der Waals surface area contributed by atoms with Crippen molar-refractivity contribution in [3.8, 4) is 23.0 Å². The average Bonchev–Trinajstić information content (AvgIpc) is 2.88. The van der Waals surface area contributed by atoms with Gasteiger partial charge in [-0.25, -0.2) is 0 Å². The van der Waals surface area contributed by atoms with Crippen LogP contribution in [0.15, 0.2) is 42.5 Å². The van der Waals surface area contributed by atoms with Crippen molar-refractivity contribution >= 4 is 0 Å². The van der Waals surface area contributed by atoms with E-state index in [0.717, 1.165) is 5.56 Å². The third kappa shape index (κ3) is 1.98. The van der Waals surface area contributed by atoms with E-state index in [1.807, 2.05) is 30.3 Å². The van der Waals surface area contributed by atoms with Gasteiger partial charge in [0.15, 0.2) is 11.5 Å². The number of ether oxygens (including phenoxy) is 3. The monoisotopic (exact) mass is 244 g/mol. The summed E-state index contributed by atoms with van der Waals surface area (Å²) in [5, 5.41) is 9.21. The summed E-state index contributed by atoms with van der Waals surface area (Å²) in [5.74, 6) is 2.45. The van der Waals surface area contributed by atoms with Gasteiger partial charge in [-0.15, -0.1) is 0 Å². The van der Waals surface area contributed by atoms with Crippen molar-refractivity contribution in [2.45, 2.75) is 6.61 Å². The second-order valence-electron chi connectivity index (χ2n) is 3.90. The molecule has 2 aromatic rings. The van der Waals surface area contributed by atoms with Crippen LogP contribution >= 0.6 is 0 Å². The van der Waals surface area contributed by atoms with Crippen molar-refractivity contribution < 1.29 is 19.3 Å². The molecule has 0 amide bonds. The molecule has 4 nitrogen and oxygen atoms in total. The molecule has 0 unspecified atom stereocenters. The number of fused-ring (bicyclic) bond motifs is 1. The fourth-order valence-electron chi connectivity index (χ4n) is 1.81. The Kier molecular flexibility index (Phi) is 2.78. The number of hydrogen-bond donors (Lipinski definition) is 1. The Balaban J connectivity index is 1.98. The molecule has 4 heteroatoms. The number of benzene rings is 2. The minimum Gasteiger partial charge on any atom is -0.453 e. The number of para-hydroxylation sites is 1. The maximum absolute atomic E-state index is 9.21. The molecular formula is C14H12O4. The first-order valence-electron chi connectivity index (χ1n) is 5.63. The van der Waals surface area contributed by atoms with Gasteiger partial charge in [-0.05, 0) is 29.8 Å². The van der Waals surface area contributed by atoms with Crippen molar-refractivity contribution in [3.63, 3.8) is 0 Å².